The van der Waals surface area contributed by atoms with E-state index in [4.69, 9.17) is 5.73 Å². The number of rotatable bonds is 5. The van der Waals surface area contributed by atoms with Crippen molar-refractivity contribution in [3.05, 3.63) is 0 Å². The molecule has 0 radical (unpaired) electrons. The van der Waals surface area contributed by atoms with Crippen LogP contribution in [0.3, 0.4) is 0 Å². The van der Waals surface area contributed by atoms with Gasteiger partial charge in [0, 0.05) is 13.1 Å². The summed E-state index contributed by atoms with van der Waals surface area (Å²) in [6, 6.07) is 0. The van der Waals surface area contributed by atoms with E-state index in [2.05, 4.69) is 10.1 Å². The molecule has 100 valence electrons. The lowest BCUT2D eigenvalue weighted by Gasteiger charge is -2.23. The average Bonchev–Trinajstić information content (AvgIpc) is 2.20. The Labute approximate surface area is 95.9 Å². The van der Waals surface area contributed by atoms with Crippen LogP contribution >= 0.6 is 0 Å². The topological polar surface area (TPSA) is 84.7 Å². The second kappa shape index (κ2) is 6.40. The fourth-order valence-electron chi connectivity index (χ4n) is 0.844. The van der Waals surface area contributed by atoms with E-state index >= 15 is 0 Å². The molecule has 6 nitrogen and oxygen atoms in total. The standard InChI is InChI=1S/C8H14F3N3O3/c1-14(2)6(5(15)13-4-3-12)17-7(16)8(9,10)11/h6H,3-4,12H2,1-2H3,(H,13,15). The van der Waals surface area contributed by atoms with Crippen LogP contribution in [0, 0.1) is 0 Å². The summed E-state index contributed by atoms with van der Waals surface area (Å²) in [7, 11) is 2.60. The van der Waals surface area contributed by atoms with Crippen molar-refractivity contribution in [2.24, 2.45) is 5.73 Å². The van der Waals surface area contributed by atoms with E-state index in [0.717, 1.165) is 4.90 Å². The molecule has 1 atom stereocenters. The molecular weight excluding hydrogens is 243 g/mol. The van der Waals surface area contributed by atoms with Crippen LogP contribution in [0.25, 0.3) is 0 Å². The zero-order valence-corrected chi connectivity index (χ0v) is 9.37. The Morgan fingerprint density at radius 3 is 2.29 bits per heavy atom. The third-order valence-corrected chi connectivity index (χ3v) is 1.59. The molecule has 0 aromatic rings. The fourth-order valence-corrected chi connectivity index (χ4v) is 0.844. The molecule has 0 rings (SSSR count). The number of esters is 1. The number of amides is 1. The molecule has 0 aliphatic heterocycles. The molecule has 0 aliphatic rings. The number of alkyl halides is 3. The summed E-state index contributed by atoms with van der Waals surface area (Å²) in [5, 5.41) is 2.22. The van der Waals surface area contributed by atoms with Gasteiger partial charge in [0.2, 0.25) is 6.23 Å². The van der Waals surface area contributed by atoms with Crippen LogP contribution in [0.4, 0.5) is 13.2 Å². The molecule has 9 heteroatoms. The maximum atomic E-state index is 11.9. The van der Waals surface area contributed by atoms with Crippen LogP contribution in [0.2, 0.25) is 0 Å². The van der Waals surface area contributed by atoms with Gasteiger partial charge in [-0.05, 0) is 14.1 Å². The highest BCUT2D eigenvalue weighted by atomic mass is 19.4. The van der Waals surface area contributed by atoms with Gasteiger partial charge < -0.3 is 15.8 Å². The summed E-state index contributed by atoms with van der Waals surface area (Å²) in [6.45, 7) is 0.200. The van der Waals surface area contributed by atoms with Gasteiger partial charge in [-0.2, -0.15) is 13.2 Å². The first kappa shape index (κ1) is 15.7. The monoisotopic (exact) mass is 257 g/mol. The van der Waals surface area contributed by atoms with Crippen LogP contribution in [-0.2, 0) is 14.3 Å². The molecule has 3 N–H and O–H groups in total. The van der Waals surface area contributed by atoms with E-state index in [9.17, 15) is 22.8 Å². The highest BCUT2D eigenvalue weighted by molar-refractivity contribution is 5.84. The number of carbonyl (C=O) groups excluding carboxylic acids is 2. The van der Waals surface area contributed by atoms with Crippen molar-refractivity contribution in [2.75, 3.05) is 27.2 Å². The van der Waals surface area contributed by atoms with Gasteiger partial charge >= 0.3 is 12.1 Å². The first-order valence-corrected chi connectivity index (χ1v) is 4.62. The number of nitrogens with two attached hydrogens (primary N) is 1. The molecule has 0 saturated heterocycles. The van der Waals surface area contributed by atoms with E-state index in [0.29, 0.717) is 0 Å². The van der Waals surface area contributed by atoms with Crippen molar-refractivity contribution in [3.8, 4) is 0 Å². The summed E-state index contributed by atoms with van der Waals surface area (Å²) < 4.78 is 39.9. The number of halogens is 3. The zero-order valence-electron chi connectivity index (χ0n) is 9.37. The van der Waals surface area contributed by atoms with Gasteiger partial charge in [0.1, 0.15) is 0 Å². The number of likely N-dealkylation sites (N-methyl/N-ethyl adjacent to an activating group) is 1. The average molecular weight is 257 g/mol. The third kappa shape index (κ3) is 5.50. The third-order valence-electron chi connectivity index (χ3n) is 1.59. The summed E-state index contributed by atoms with van der Waals surface area (Å²) in [6.07, 6.45) is -6.78. The molecule has 0 aromatic carbocycles. The highest BCUT2D eigenvalue weighted by Gasteiger charge is 2.43. The molecule has 0 aliphatic carbocycles. The van der Waals surface area contributed by atoms with Gasteiger partial charge in [0.05, 0.1) is 0 Å². The Morgan fingerprint density at radius 2 is 1.94 bits per heavy atom. The summed E-state index contributed by atoms with van der Waals surface area (Å²) in [5.41, 5.74) is 5.11. The number of ether oxygens (including phenoxy) is 1. The Balaban J connectivity index is 4.55. The Hall–Kier alpha value is -1.35. The van der Waals surface area contributed by atoms with Crippen LogP contribution in [-0.4, -0.2) is 56.4 Å². The van der Waals surface area contributed by atoms with E-state index in [1.54, 1.807) is 0 Å². The Bertz CT molecular complexity index is 281. The number of nitrogens with one attached hydrogen (secondary N) is 1. The molecule has 1 amide bonds. The predicted molar refractivity (Wildman–Crippen MR) is 51.7 cm³/mol. The quantitative estimate of drug-likeness (QED) is 0.490. The van der Waals surface area contributed by atoms with Gasteiger partial charge in [0.15, 0.2) is 0 Å². The van der Waals surface area contributed by atoms with E-state index in [1.807, 2.05) is 0 Å². The molecule has 0 fully saturated rings. The largest absolute Gasteiger partial charge is 0.490 e. The molecule has 0 heterocycles. The zero-order chi connectivity index (χ0) is 13.6. The van der Waals surface area contributed by atoms with Crippen LogP contribution < -0.4 is 11.1 Å². The Morgan fingerprint density at radius 1 is 1.41 bits per heavy atom. The van der Waals surface area contributed by atoms with Crippen LogP contribution in [0.5, 0.6) is 0 Å². The van der Waals surface area contributed by atoms with Crippen molar-refractivity contribution in [2.45, 2.75) is 12.4 Å². The minimum atomic E-state index is -5.14. The van der Waals surface area contributed by atoms with Gasteiger partial charge in [-0.3, -0.25) is 9.69 Å². The molecule has 0 bridgehead atoms. The van der Waals surface area contributed by atoms with E-state index in [-0.39, 0.29) is 13.1 Å². The molecule has 0 aromatic heterocycles. The van der Waals surface area contributed by atoms with Crippen LogP contribution in [0.1, 0.15) is 0 Å². The SMILES string of the molecule is CN(C)C(OC(=O)C(F)(F)F)C(=O)NCCN. The lowest BCUT2D eigenvalue weighted by Crippen LogP contribution is -2.49. The van der Waals surface area contributed by atoms with Crippen LogP contribution in [0.15, 0.2) is 0 Å². The molecule has 1 unspecified atom stereocenters. The number of hydrogen-bond acceptors (Lipinski definition) is 5. The number of nitrogens with zero attached hydrogens (tertiary/aromatic N) is 1. The van der Waals surface area contributed by atoms with Crippen molar-refractivity contribution in [1.82, 2.24) is 10.2 Å². The highest BCUT2D eigenvalue weighted by Crippen LogP contribution is 2.17. The lowest BCUT2D eigenvalue weighted by molar-refractivity contribution is -0.211. The summed E-state index contributed by atoms with van der Waals surface area (Å²) in [4.78, 5) is 23.0. The van der Waals surface area contributed by atoms with E-state index < -0.39 is 24.3 Å². The molecule has 0 saturated carbocycles. The van der Waals surface area contributed by atoms with Gasteiger partial charge in [0.25, 0.3) is 5.91 Å². The van der Waals surface area contributed by atoms with Gasteiger partial charge in [-0.25, -0.2) is 4.79 Å². The molecule has 0 spiro atoms. The smallest absolute Gasteiger partial charge is 0.430 e. The molecular formula is C8H14F3N3O3. The number of carbonyl (C=O) groups is 2. The summed E-state index contributed by atoms with van der Waals surface area (Å²) in [5.74, 6) is -3.28. The van der Waals surface area contributed by atoms with E-state index in [1.165, 1.54) is 14.1 Å². The van der Waals surface area contributed by atoms with Gasteiger partial charge in [-0.15, -0.1) is 0 Å². The maximum absolute atomic E-state index is 11.9. The fraction of sp³-hybridized carbons (Fsp3) is 0.750. The minimum absolute atomic E-state index is 0.0761. The van der Waals surface area contributed by atoms with Crippen molar-refractivity contribution in [3.63, 3.8) is 0 Å². The summed E-state index contributed by atoms with van der Waals surface area (Å²) >= 11 is 0. The Kier molecular flexibility index (Phi) is 5.89. The molecule has 17 heavy (non-hydrogen) atoms. The predicted octanol–water partition coefficient (Wildman–Crippen LogP) is -0.945. The van der Waals surface area contributed by atoms with Crippen molar-refractivity contribution < 1.29 is 27.5 Å². The van der Waals surface area contributed by atoms with Gasteiger partial charge in [-0.1, -0.05) is 0 Å². The second-order valence-corrected chi connectivity index (χ2v) is 3.30. The van der Waals surface area contributed by atoms with Crippen molar-refractivity contribution in [1.29, 1.82) is 0 Å². The minimum Gasteiger partial charge on any atom is -0.430 e. The first-order chi connectivity index (χ1) is 7.70. The van der Waals surface area contributed by atoms with Crippen molar-refractivity contribution >= 4 is 11.9 Å². The normalized spacial score (nSPS) is 13.4. The second-order valence-electron chi connectivity index (χ2n) is 3.30. The maximum Gasteiger partial charge on any atom is 0.490 e. The first-order valence-electron chi connectivity index (χ1n) is 4.62. The lowest BCUT2D eigenvalue weighted by atomic mass is 10.4. The number of hydrogen-bond donors (Lipinski definition) is 2.